The van der Waals surface area contributed by atoms with Crippen LogP contribution in [0.15, 0.2) is 0 Å². The third-order valence-corrected chi connectivity index (χ3v) is 0.977. The fourth-order valence-corrected chi connectivity index (χ4v) is 0.132. The number of aliphatic hydroxyl groups excluding tert-OH is 2. The predicted octanol–water partition coefficient (Wildman–Crippen LogP) is -1.99. The number of hydrogen-bond acceptors (Lipinski definition) is 4. The van der Waals surface area contributed by atoms with Gasteiger partial charge in [0.2, 0.25) is 0 Å². The highest BCUT2D eigenvalue weighted by Gasteiger charge is 2.25. The molecule has 0 fully saturated rings. The third kappa shape index (κ3) is 1.75. The van der Waals surface area contributed by atoms with Gasteiger partial charge in [0.25, 0.3) is 0 Å². The van der Waals surface area contributed by atoms with E-state index in [1.807, 2.05) is 0 Å². The first-order chi connectivity index (χ1) is 3.50. The Morgan fingerprint density at radius 1 is 1.75 bits per heavy atom. The summed E-state index contributed by atoms with van der Waals surface area (Å²) in [5.41, 5.74) is 3.07. The summed E-state index contributed by atoms with van der Waals surface area (Å²) in [4.78, 5) is 0. The highest BCUT2D eigenvalue weighted by molar-refractivity contribution is 4.74. The zero-order chi connectivity index (χ0) is 6.78. The van der Waals surface area contributed by atoms with Crippen molar-refractivity contribution in [2.24, 2.45) is 5.73 Å². The Bertz CT molecular complexity index is 71.7. The summed E-state index contributed by atoms with van der Waals surface area (Å²) in [7, 11) is 0. The van der Waals surface area contributed by atoms with Gasteiger partial charge < -0.3 is 15.3 Å². The number of hydrogen-bond donors (Lipinski definition) is 4. The van der Waals surface area contributed by atoms with Gasteiger partial charge in [0.15, 0.2) is 5.72 Å². The van der Waals surface area contributed by atoms with E-state index in [-0.39, 0.29) is 0 Å². The minimum Gasteiger partial charge on any atom is -0.392 e. The van der Waals surface area contributed by atoms with E-state index >= 15 is 0 Å². The van der Waals surface area contributed by atoms with E-state index in [0.29, 0.717) is 0 Å². The molecule has 0 aliphatic carbocycles. The normalized spacial score (nSPS) is 22.1. The van der Waals surface area contributed by atoms with E-state index in [1.165, 1.54) is 6.92 Å². The van der Waals surface area contributed by atoms with E-state index < -0.39 is 18.4 Å². The second-order valence-electron chi connectivity index (χ2n) is 1.83. The monoisotopic (exact) mass is 121 g/mol. The molecule has 2 unspecified atom stereocenters. The van der Waals surface area contributed by atoms with Gasteiger partial charge in [-0.25, -0.2) is 0 Å². The molecule has 8 heavy (non-hydrogen) atoms. The van der Waals surface area contributed by atoms with Gasteiger partial charge >= 0.3 is 0 Å². The molecule has 0 amide bonds. The molecule has 5 N–H and O–H groups in total. The molecule has 0 heterocycles. The summed E-state index contributed by atoms with van der Waals surface area (Å²) in [5.74, 6) is 0. The Hall–Kier alpha value is -0.160. The van der Waals surface area contributed by atoms with Gasteiger partial charge in [0, 0.05) is 0 Å². The summed E-state index contributed by atoms with van der Waals surface area (Å²) in [6, 6.07) is 0. The minimum absolute atomic E-state index is 0.634. The summed E-state index contributed by atoms with van der Waals surface area (Å²) < 4.78 is 0. The second-order valence-corrected chi connectivity index (χ2v) is 1.83. The Balaban J connectivity index is 3.71. The molecule has 0 aromatic heterocycles. The maximum absolute atomic E-state index is 8.68. The predicted molar refractivity (Wildman–Crippen MR) is 27.9 cm³/mol. The molecule has 4 heteroatoms. The molecule has 0 saturated carbocycles. The van der Waals surface area contributed by atoms with Crippen molar-refractivity contribution in [3.8, 4) is 0 Å². The molecular formula is C4H11NO3. The van der Waals surface area contributed by atoms with Gasteiger partial charge in [-0.05, 0) is 6.92 Å². The highest BCUT2D eigenvalue weighted by Crippen LogP contribution is 1.98. The first-order valence-corrected chi connectivity index (χ1v) is 2.31. The van der Waals surface area contributed by atoms with Gasteiger partial charge in [0.05, 0.1) is 12.7 Å². The smallest absolute Gasteiger partial charge is 0.162 e. The molecule has 0 spiro atoms. The average Bonchev–Trinajstić information content (AvgIpc) is 1.67. The SMILES string of the molecule is CC(O)C(N)(O)CO. The lowest BCUT2D eigenvalue weighted by Gasteiger charge is -2.22. The highest BCUT2D eigenvalue weighted by atomic mass is 16.4. The number of nitrogens with two attached hydrogens (primary N) is 1. The molecular weight excluding hydrogens is 110 g/mol. The molecule has 0 aliphatic heterocycles. The lowest BCUT2D eigenvalue weighted by atomic mass is 10.1. The van der Waals surface area contributed by atoms with E-state index in [1.54, 1.807) is 0 Å². The van der Waals surface area contributed by atoms with Crippen LogP contribution < -0.4 is 5.73 Å². The molecule has 0 aromatic rings. The topological polar surface area (TPSA) is 86.7 Å². The Morgan fingerprint density at radius 3 is 2.12 bits per heavy atom. The second kappa shape index (κ2) is 2.41. The summed E-state index contributed by atoms with van der Waals surface area (Å²) >= 11 is 0. The Labute approximate surface area is 47.6 Å². The fourth-order valence-electron chi connectivity index (χ4n) is 0.132. The standard InChI is InChI=1S/C4H11NO3/c1-3(7)4(5,8)2-6/h3,6-8H,2,5H2,1H3. The van der Waals surface area contributed by atoms with Crippen molar-refractivity contribution in [1.29, 1.82) is 0 Å². The number of rotatable bonds is 2. The first kappa shape index (κ1) is 7.84. The Morgan fingerprint density at radius 2 is 2.12 bits per heavy atom. The summed E-state index contributed by atoms with van der Waals surface area (Å²) in [5, 5.41) is 25.5. The van der Waals surface area contributed by atoms with Crippen LogP contribution in [0.3, 0.4) is 0 Å². The van der Waals surface area contributed by atoms with Crippen molar-refractivity contribution in [1.82, 2.24) is 0 Å². The van der Waals surface area contributed by atoms with Crippen LogP contribution in [0.5, 0.6) is 0 Å². The largest absolute Gasteiger partial charge is 0.392 e. The lowest BCUT2D eigenvalue weighted by molar-refractivity contribution is -0.0928. The zero-order valence-electron chi connectivity index (χ0n) is 4.70. The third-order valence-electron chi connectivity index (χ3n) is 0.977. The van der Waals surface area contributed by atoms with Gasteiger partial charge in [-0.1, -0.05) is 0 Å². The van der Waals surface area contributed by atoms with Crippen molar-refractivity contribution in [2.75, 3.05) is 6.61 Å². The van der Waals surface area contributed by atoms with Gasteiger partial charge in [0.1, 0.15) is 0 Å². The van der Waals surface area contributed by atoms with Crippen molar-refractivity contribution < 1.29 is 15.3 Å². The molecule has 0 saturated heterocycles. The van der Waals surface area contributed by atoms with E-state index in [9.17, 15) is 0 Å². The van der Waals surface area contributed by atoms with Crippen LogP contribution in [0.4, 0.5) is 0 Å². The van der Waals surface area contributed by atoms with Crippen LogP contribution in [0, 0.1) is 0 Å². The average molecular weight is 121 g/mol. The van der Waals surface area contributed by atoms with Gasteiger partial charge in [-0.2, -0.15) is 0 Å². The molecule has 4 nitrogen and oxygen atoms in total. The Kier molecular flexibility index (Phi) is 2.36. The van der Waals surface area contributed by atoms with Crippen molar-refractivity contribution >= 4 is 0 Å². The maximum Gasteiger partial charge on any atom is 0.162 e. The van der Waals surface area contributed by atoms with Crippen LogP contribution >= 0.6 is 0 Å². The molecule has 2 atom stereocenters. The van der Waals surface area contributed by atoms with Crippen molar-refractivity contribution in [3.63, 3.8) is 0 Å². The van der Waals surface area contributed by atoms with E-state index in [4.69, 9.17) is 21.1 Å². The molecule has 50 valence electrons. The molecule has 0 rings (SSSR count). The van der Waals surface area contributed by atoms with Gasteiger partial charge in [-0.15, -0.1) is 0 Å². The van der Waals surface area contributed by atoms with Crippen molar-refractivity contribution in [3.05, 3.63) is 0 Å². The van der Waals surface area contributed by atoms with Crippen LogP contribution in [0.25, 0.3) is 0 Å². The maximum atomic E-state index is 8.68. The van der Waals surface area contributed by atoms with Crippen LogP contribution in [0.2, 0.25) is 0 Å². The quantitative estimate of drug-likeness (QED) is 0.318. The van der Waals surface area contributed by atoms with Crippen LogP contribution in [0.1, 0.15) is 6.92 Å². The fraction of sp³-hybridized carbons (Fsp3) is 1.00. The molecule has 0 aromatic carbocycles. The lowest BCUT2D eigenvalue weighted by Crippen LogP contribution is -2.52. The molecule has 0 radical (unpaired) electrons. The zero-order valence-corrected chi connectivity index (χ0v) is 4.70. The summed E-state index contributed by atoms with van der Waals surface area (Å²) in [6.07, 6.45) is -1.10. The van der Waals surface area contributed by atoms with Crippen molar-refractivity contribution in [2.45, 2.75) is 18.8 Å². The molecule has 0 bridgehead atoms. The van der Waals surface area contributed by atoms with Gasteiger partial charge in [-0.3, -0.25) is 5.73 Å². The number of aliphatic hydroxyl groups is 3. The minimum atomic E-state index is -1.85. The first-order valence-electron chi connectivity index (χ1n) is 2.31. The summed E-state index contributed by atoms with van der Waals surface area (Å²) in [6.45, 7) is 0.668. The molecule has 0 aliphatic rings. The van der Waals surface area contributed by atoms with Crippen LogP contribution in [-0.2, 0) is 0 Å². The van der Waals surface area contributed by atoms with E-state index in [2.05, 4.69) is 0 Å². The van der Waals surface area contributed by atoms with Crippen LogP contribution in [-0.4, -0.2) is 33.8 Å². The van der Waals surface area contributed by atoms with E-state index in [0.717, 1.165) is 0 Å².